The molecule has 0 spiro atoms. The van der Waals surface area contributed by atoms with Crippen molar-refractivity contribution < 1.29 is 4.42 Å². The van der Waals surface area contributed by atoms with Crippen molar-refractivity contribution in [1.82, 2.24) is 10.2 Å². The maximum Gasteiger partial charge on any atom is 0.118 e. The Morgan fingerprint density at radius 2 is 2.25 bits per heavy atom. The van der Waals surface area contributed by atoms with Crippen molar-refractivity contribution in [2.45, 2.75) is 45.4 Å². The number of hydrogen-bond acceptors (Lipinski definition) is 4. The molecule has 0 aliphatic heterocycles. The Labute approximate surface area is 124 Å². The summed E-state index contributed by atoms with van der Waals surface area (Å²) in [6, 6.07) is 7.23. The summed E-state index contributed by atoms with van der Waals surface area (Å²) < 4.78 is 5.88. The normalized spacial score (nSPS) is 15.2. The van der Waals surface area contributed by atoms with Crippen molar-refractivity contribution in [2.75, 3.05) is 7.05 Å². The lowest BCUT2D eigenvalue weighted by Gasteiger charge is -2.13. The molecule has 2 aromatic heterocycles. The molecule has 20 heavy (non-hydrogen) atoms. The average molecular weight is 290 g/mol. The van der Waals surface area contributed by atoms with Gasteiger partial charge in [0, 0.05) is 29.6 Å². The molecule has 0 atom stereocenters. The molecule has 0 saturated heterocycles. The summed E-state index contributed by atoms with van der Waals surface area (Å²) in [5, 5.41) is 5.67. The number of aryl methyl sites for hydroxylation is 1. The van der Waals surface area contributed by atoms with Crippen LogP contribution in [0.2, 0.25) is 0 Å². The zero-order valence-corrected chi connectivity index (χ0v) is 13.0. The standard InChI is InChI=1S/C16H22N2OS/c1-12-13(9-17-14-5-6-14)8-15(19-12)10-18(2)11-16-4-3-7-20-16/h3-4,7-8,14,17H,5-6,9-11H2,1-2H3. The molecular weight excluding hydrogens is 268 g/mol. The van der Waals surface area contributed by atoms with Gasteiger partial charge in [0.25, 0.3) is 0 Å². The third-order valence-electron chi connectivity index (χ3n) is 3.66. The van der Waals surface area contributed by atoms with Crippen LogP contribution in [-0.4, -0.2) is 18.0 Å². The highest BCUT2D eigenvalue weighted by atomic mass is 32.1. The molecule has 0 aromatic carbocycles. The first-order valence-corrected chi connectivity index (χ1v) is 8.11. The number of thiophene rings is 1. The Kier molecular flexibility index (Phi) is 4.24. The zero-order valence-electron chi connectivity index (χ0n) is 12.2. The summed E-state index contributed by atoms with van der Waals surface area (Å²) in [4.78, 5) is 3.69. The van der Waals surface area contributed by atoms with Crippen molar-refractivity contribution in [3.05, 3.63) is 45.5 Å². The fourth-order valence-electron chi connectivity index (χ4n) is 2.37. The van der Waals surface area contributed by atoms with E-state index >= 15 is 0 Å². The molecule has 0 amide bonds. The zero-order chi connectivity index (χ0) is 13.9. The van der Waals surface area contributed by atoms with Gasteiger partial charge >= 0.3 is 0 Å². The van der Waals surface area contributed by atoms with E-state index < -0.39 is 0 Å². The lowest BCUT2D eigenvalue weighted by molar-refractivity contribution is 0.287. The van der Waals surface area contributed by atoms with Gasteiger partial charge in [-0.15, -0.1) is 11.3 Å². The summed E-state index contributed by atoms with van der Waals surface area (Å²) in [5.41, 5.74) is 1.30. The van der Waals surface area contributed by atoms with Crippen LogP contribution in [0, 0.1) is 6.92 Å². The molecule has 1 N–H and O–H groups in total. The lowest BCUT2D eigenvalue weighted by atomic mass is 10.2. The van der Waals surface area contributed by atoms with E-state index in [4.69, 9.17) is 4.42 Å². The summed E-state index contributed by atoms with van der Waals surface area (Å²) in [6.45, 7) is 4.84. The minimum atomic E-state index is 0.745. The Morgan fingerprint density at radius 1 is 1.40 bits per heavy atom. The van der Waals surface area contributed by atoms with Crippen LogP contribution < -0.4 is 5.32 Å². The topological polar surface area (TPSA) is 28.4 Å². The van der Waals surface area contributed by atoms with Crippen molar-refractivity contribution in [1.29, 1.82) is 0 Å². The summed E-state index contributed by atoms with van der Waals surface area (Å²) in [5.74, 6) is 2.12. The van der Waals surface area contributed by atoms with Gasteiger partial charge < -0.3 is 9.73 Å². The van der Waals surface area contributed by atoms with Gasteiger partial charge in [-0.2, -0.15) is 0 Å². The average Bonchev–Trinajstić information content (AvgIpc) is 2.98. The SMILES string of the molecule is Cc1oc(CN(C)Cc2cccs2)cc1CNC1CC1. The number of furan rings is 1. The molecule has 3 rings (SSSR count). The van der Waals surface area contributed by atoms with Gasteiger partial charge in [-0.1, -0.05) is 6.07 Å². The van der Waals surface area contributed by atoms with E-state index in [0.29, 0.717) is 0 Å². The van der Waals surface area contributed by atoms with E-state index in [0.717, 1.165) is 37.2 Å². The highest BCUT2D eigenvalue weighted by Crippen LogP contribution is 2.22. The third-order valence-corrected chi connectivity index (χ3v) is 4.52. The van der Waals surface area contributed by atoms with Crippen LogP contribution in [0.5, 0.6) is 0 Å². The maximum atomic E-state index is 5.88. The number of rotatable bonds is 7. The second-order valence-electron chi connectivity index (χ2n) is 5.70. The maximum absolute atomic E-state index is 5.88. The van der Waals surface area contributed by atoms with Crippen molar-refractivity contribution >= 4 is 11.3 Å². The largest absolute Gasteiger partial charge is 0.465 e. The molecule has 4 heteroatoms. The van der Waals surface area contributed by atoms with Gasteiger partial charge in [-0.3, -0.25) is 4.90 Å². The summed E-state index contributed by atoms with van der Waals surface area (Å²) >= 11 is 1.81. The van der Waals surface area contributed by atoms with E-state index in [2.05, 4.69) is 47.8 Å². The molecule has 2 heterocycles. The van der Waals surface area contributed by atoms with E-state index in [-0.39, 0.29) is 0 Å². The quantitative estimate of drug-likeness (QED) is 0.845. The molecule has 108 valence electrons. The minimum Gasteiger partial charge on any atom is -0.465 e. The van der Waals surface area contributed by atoms with E-state index in [9.17, 15) is 0 Å². The van der Waals surface area contributed by atoms with Gasteiger partial charge in [0.2, 0.25) is 0 Å². The molecule has 1 saturated carbocycles. The second-order valence-corrected chi connectivity index (χ2v) is 6.73. The van der Waals surface area contributed by atoms with Crippen LogP contribution >= 0.6 is 11.3 Å². The molecule has 1 aliphatic carbocycles. The monoisotopic (exact) mass is 290 g/mol. The van der Waals surface area contributed by atoms with Gasteiger partial charge in [0.1, 0.15) is 11.5 Å². The lowest BCUT2D eigenvalue weighted by Crippen LogP contribution is -2.16. The Morgan fingerprint density at radius 3 is 2.95 bits per heavy atom. The molecular formula is C16H22N2OS. The molecule has 1 fully saturated rings. The van der Waals surface area contributed by atoms with Crippen LogP contribution in [0.3, 0.4) is 0 Å². The third kappa shape index (κ3) is 3.72. The van der Waals surface area contributed by atoms with Crippen LogP contribution in [-0.2, 0) is 19.6 Å². The number of nitrogens with zero attached hydrogens (tertiary/aromatic N) is 1. The van der Waals surface area contributed by atoms with Crippen molar-refractivity contribution in [3.8, 4) is 0 Å². The fraction of sp³-hybridized carbons (Fsp3) is 0.500. The molecule has 1 aliphatic rings. The van der Waals surface area contributed by atoms with Gasteiger partial charge in [0.15, 0.2) is 0 Å². The predicted molar refractivity (Wildman–Crippen MR) is 82.8 cm³/mol. The molecule has 2 aromatic rings. The molecule has 0 unspecified atom stereocenters. The van der Waals surface area contributed by atoms with Gasteiger partial charge in [-0.05, 0) is 44.3 Å². The minimum absolute atomic E-state index is 0.745. The molecule has 3 nitrogen and oxygen atoms in total. The first-order valence-electron chi connectivity index (χ1n) is 7.23. The highest BCUT2D eigenvalue weighted by molar-refractivity contribution is 7.09. The van der Waals surface area contributed by atoms with Crippen LogP contribution in [0.1, 0.15) is 34.8 Å². The Hall–Kier alpha value is -1.10. The second kappa shape index (κ2) is 6.12. The van der Waals surface area contributed by atoms with Gasteiger partial charge in [-0.25, -0.2) is 0 Å². The first kappa shape index (κ1) is 13.9. The Bertz CT molecular complexity index is 543. The summed E-state index contributed by atoms with van der Waals surface area (Å²) in [7, 11) is 2.14. The van der Waals surface area contributed by atoms with Crippen LogP contribution in [0.15, 0.2) is 28.0 Å². The molecule has 0 radical (unpaired) electrons. The van der Waals surface area contributed by atoms with E-state index in [1.54, 1.807) is 11.3 Å². The van der Waals surface area contributed by atoms with E-state index in [1.807, 2.05) is 0 Å². The first-order chi connectivity index (χ1) is 9.70. The smallest absolute Gasteiger partial charge is 0.118 e. The number of hydrogen-bond donors (Lipinski definition) is 1. The Balaban J connectivity index is 1.54. The highest BCUT2D eigenvalue weighted by Gasteiger charge is 2.21. The van der Waals surface area contributed by atoms with Crippen molar-refractivity contribution in [3.63, 3.8) is 0 Å². The van der Waals surface area contributed by atoms with Crippen molar-refractivity contribution in [2.24, 2.45) is 0 Å². The summed E-state index contributed by atoms with van der Waals surface area (Å²) in [6.07, 6.45) is 2.65. The fourth-order valence-corrected chi connectivity index (χ4v) is 3.16. The van der Waals surface area contributed by atoms with Gasteiger partial charge in [0.05, 0.1) is 6.54 Å². The number of nitrogens with one attached hydrogen (secondary N) is 1. The predicted octanol–water partition coefficient (Wildman–Crippen LogP) is 3.53. The molecule has 0 bridgehead atoms. The van der Waals surface area contributed by atoms with Crippen LogP contribution in [0.25, 0.3) is 0 Å². The van der Waals surface area contributed by atoms with E-state index in [1.165, 1.54) is 23.3 Å². The van der Waals surface area contributed by atoms with Crippen LogP contribution in [0.4, 0.5) is 0 Å².